The van der Waals surface area contributed by atoms with Crippen LogP contribution in [0.25, 0.3) is 11.2 Å². The molecule has 3 aromatic carbocycles. The molecule has 2 unspecified atom stereocenters. The molecule has 28 heteroatoms. The monoisotopic (exact) mass is 1120 g/mol. The van der Waals surface area contributed by atoms with E-state index < -0.39 is 124 Å². The van der Waals surface area contributed by atoms with Gasteiger partial charge in [0.25, 0.3) is 0 Å². The quantitative estimate of drug-likeness (QED) is 0.0371. The Bertz CT molecular complexity index is 2850. The number of phosphoric ester groups is 1. The van der Waals surface area contributed by atoms with Gasteiger partial charge in [0.15, 0.2) is 47.6 Å². The summed E-state index contributed by atoms with van der Waals surface area (Å²) in [7, 11) is -2.98. The van der Waals surface area contributed by atoms with Crippen LogP contribution >= 0.6 is 14.5 Å². The van der Waals surface area contributed by atoms with Crippen molar-refractivity contribution >= 4 is 73.2 Å². The zero-order valence-electron chi connectivity index (χ0n) is 41.8. The summed E-state index contributed by atoms with van der Waals surface area (Å²) in [5.74, 6) is -4.58. The molecule has 76 heavy (non-hydrogen) atoms. The highest BCUT2D eigenvalue weighted by molar-refractivity contribution is 8.08. The Morgan fingerprint density at radius 1 is 0.711 bits per heavy atom. The van der Waals surface area contributed by atoms with Crippen molar-refractivity contribution < 1.29 is 94.3 Å². The van der Waals surface area contributed by atoms with E-state index in [0.717, 1.165) is 51.3 Å². The molecule has 4 heterocycles. The van der Waals surface area contributed by atoms with Crippen molar-refractivity contribution in [1.29, 1.82) is 0 Å². The number of carbonyl (C=O) groups is 5. The minimum absolute atomic E-state index is 0.318. The van der Waals surface area contributed by atoms with E-state index in [1.807, 2.05) is 91.0 Å². The second kappa shape index (κ2) is 24.9. The molecule has 3 N–H and O–H groups in total. The van der Waals surface area contributed by atoms with Crippen molar-refractivity contribution in [2.75, 3.05) is 32.8 Å². The fourth-order valence-corrected chi connectivity index (χ4v) is 12.1. The average molecular weight is 1120 g/mol. The van der Waals surface area contributed by atoms with Crippen LogP contribution in [0.15, 0.2) is 104 Å². The van der Waals surface area contributed by atoms with Gasteiger partial charge in [0.05, 0.1) is 12.9 Å². The van der Waals surface area contributed by atoms with Crippen molar-refractivity contribution in [2.45, 2.75) is 102 Å². The third-order valence-electron chi connectivity index (χ3n) is 11.8. The fraction of sp³-hybridized carbons (Fsp3) is 0.417. The maximum atomic E-state index is 13.9. The molecule has 12 atom stereocenters. The molecule has 0 bridgehead atoms. The Morgan fingerprint density at radius 3 is 1.76 bits per heavy atom. The third kappa shape index (κ3) is 13.5. The van der Waals surface area contributed by atoms with Crippen molar-refractivity contribution in [3.05, 3.63) is 120 Å². The zero-order chi connectivity index (χ0) is 55.0. The molecule has 2 saturated heterocycles. The number of esters is 5. The first-order valence-electron chi connectivity index (χ1n) is 23.2. The number of fused-ring (bicyclic) bond motifs is 1. The number of nitrogens with one attached hydrogen (secondary N) is 1. The van der Waals surface area contributed by atoms with E-state index in [9.17, 15) is 38.3 Å². The van der Waals surface area contributed by atoms with Gasteiger partial charge in [-0.1, -0.05) is 91.0 Å². The molecule has 2 aliphatic heterocycles. The van der Waals surface area contributed by atoms with Crippen LogP contribution in [0.5, 0.6) is 0 Å². The number of nitrogens with zero attached hydrogens (tertiary/aromatic N) is 4. The first kappa shape index (κ1) is 57.6. The first-order valence-corrected chi connectivity index (χ1v) is 27.3. The van der Waals surface area contributed by atoms with E-state index in [1.165, 1.54) is 26.9 Å². The first-order chi connectivity index (χ1) is 36.2. The lowest BCUT2D eigenvalue weighted by atomic mass is 9.77. The molecule has 5 aromatic rings. The number of imidazole rings is 1. The van der Waals surface area contributed by atoms with Crippen LogP contribution in [0.1, 0.15) is 57.5 Å². The molecular weight excluding hydrogens is 1060 g/mol. The van der Waals surface area contributed by atoms with Gasteiger partial charge < -0.3 is 62.3 Å². The predicted octanol–water partition coefficient (Wildman–Crippen LogP) is 4.54. The molecule has 2 aliphatic rings. The van der Waals surface area contributed by atoms with Crippen molar-refractivity contribution in [3.8, 4) is 0 Å². The van der Waals surface area contributed by atoms with E-state index in [0.29, 0.717) is 17.0 Å². The summed E-state index contributed by atoms with van der Waals surface area (Å²) in [6, 6.07) is 29.6. The number of ether oxygens (including phenoxy) is 9. The van der Waals surface area contributed by atoms with E-state index >= 15 is 0 Å². The lowest BCUT2D eigenvalue weighted by Gasteiger charge is -2.45. The van der Waals surface area contributed by atoms with Crippen molar-refractivity contribution in [2.24, 2.45) is 0 Å². The van der Waals surface area contributed by atoms with Crippen LogP contribution < -0.4 is 5.32 Å². The smallest absolute Gasteiger partial charge is 0.462 e. The average Bonchev–Trinajstić information content (AvgIpc) is 3.97. The Morgan fingerprint density at radius 2 is 1.25 bits per heavy atom. The standard InChI is InChI=1S/C48H55N5O20P2S/c1-27(54)64-23-35(66-28(2)55)39-40(67-29(3)56)41(68-30(4)57)43(69-31(5)58)47(71-39)72-74(59,60)73-75(61,76)65-24-36-38(62-6)42(63-7)46(70-36)53-26-51-37-44(49-25-50-45(37)53)52-48(32-17-11-8-12-18-32,33-19-13-9-14-20-33)34-21-15-10-16-22-34/h8-22,25-26,35-36,38-43,46-47H,23-24H2,1-7H3,(H,59,60)(H,61,76)(H,49,50,52)/t35-,36-,38-,39-,40-,41+,42-,43+,46-,47+,75?/m1/s1. The molecule has 0 saturated carbocycles. The third-order valence-corrected chi connectivity index (χ3v) is 15.3. The minimum atomic E-state index is -5.76. The SMILES string of the molecule is CO[C@@H]1[C@H](OC)[C@@H](COP(O)(=S)OP(=O)(O)O[C@@H]2O[C@H]([C@@H](COC(C)=O)OC(C)=O)[C@@H](OC(C)=O)[C@H](OC(C)=O)[C@@H]2OC(C)=O)O[C@H]1n1cnc2c(NC(c3ccccc3)(c3ccccc3)c3ccccc3)ncnc21. The van der Waals surface area contributed by atoms with E-state index in [4.69, 9.17) is 72.8 Å². The Kier molecular flexibility index (Phi) is 18.9. The van der Waals surface area contributed by atoms with Crippen molar-refractivity contribution in [3.63, 3.8) is 0 Å². The second-order valence-corrected chi connectivity index (χ2v) is 21.4. The van der Waals surface area contributed by atoms with Gasteiger partial charge in [0.1, 0.15) is 42.9 Å². The van der Waals surface area contributed by atoms with Gasteiger partial charge in [0.2, 0.25) is 6.29 Å². The maximum Gasteiger partial charge on any atom is 0.481 e. The lowest BCUT2D eigenvalue weighted by molar-refractivity contribution is -0.301. The van der Waals surface area contributed by atoms with Crippen molar-refractivity contribution in [1.82, 2.24) is 19.5 Å². The predicted molar refractivity (Wildman–Crippen MR) is 266 cm³/mol. The highest BCUT2D eigenvalue weighted by Crippen LogP contribution is 2.62. The van der Waals surface area contributed by atoms with Crippen LogP contribution in [0.4, 0.5) is 5.82 Å². The Balaban J connectivity index is 1.13. The summed E-state index contributed by atoms with van der Waals surface area (Å²) < 4.78 is 81.8. The molecule has 2 aromatic heterocycles. The summed E-state index contributed by atoms with van der Waals surface area (Å²) in [4.78, 5) is 97.9. The van der Waals surface area contributed by atoms with E-state index in [-0.39, 0.29) is 0 Å². The van der Waals surface area contributed by atoms with Gasteiger partial charge in [-0.05, 0) is 28.5 Å². The Labute approximate surface area is 440 Å². The molecule has 25 nitrogen and oxygen atoms in total. The molecule has 0 radical (unpaired) electrons. The maximum absolute atomic E-state index is 13.9. The number of phosphoric acid groups is 1. The van der Waals surface area contributed by atoms with Crippen LogP contribution in [-0.4, -0.2) is 142 Å². The molecule has 408 valence electrons. The number of hydrogen-bond donors (Lipinski definition) is 3. The number of benzene rings is 3. The van der Waals surface area contributed by atoms with Gasteiger partial charge >= 0.3 is 44.4 Å². The topological polar surface area (TPSA) is 309 Å². The van der Waals surface area contributed by atoms with Gasteiger partial charge in [-0.3, -0.25) is 33.1 Å². The molecular formula is C48H55N5O20P2S. The van der Waals surface area contributed by atoms with Crippen LogP contribution in [0, 0.1) is 0 Å². The molecule has 0 amide bonds. The van der Waals surface area contributed by atoms with Crippen LogP contribution in [0.2, 0.25) is 0 Å². The number of methoxy groups -OCH3 is 2. The van der Waals surface area contributed by atoms with E-state index in [2.05, 4.69) is 15.3 Å². The minimum Gasteiger partial charge on any atom is -0.462 e. The summed E-state index contributed by atoms with van der Waals surface area (Å²) in [5, 5.41) is 3.73. The zero-order valence-corrected chi connectivity index (χ0v) is 44.4. The second-order valence-electron chi connectivity index (χ2n) is 17.0. The van der Waals surface area contributed by atoms with Gasteiger partial charge in [-0.25, -0.2) is 23.8 Å². The fourth-order valence-electron chi connectivity index (χ4n) is 8.96. The van der Waals surface area contributed by atoms with Crippen LogP contribution in [-0.2, 0) is 102 Å². The highest BCUT2D eigenvalue weighted by atomic mass is 32.5. The number of hydrogen-bond acceptors (Lipinski definition) is 23. The highest BCUT2D eigenvalue weighted by Gasteiger charge is 2.58. The van der Waals surface area contributed by atoms with Gasteiger partial charge in [0, 0.05) is 48.8 Å². The number of anilines is 1. The molecule has 0 aliphatic carbocycles. The number of carbonyl (C=O) groups excluding carboxylic acids is 5. The van der Waals surface area contributed by atoms with Gasteiger partial charge in [-0.15, -0.1) is 0 Å². The summed E-state index contributed by atoms with van der Waals surface area (Å²) >= 11 is 5.16. The summed E-state index contributed by atoms with van der Waals surface area (Å²) in [6.45, 7) is -1.48. The lowest BCUT2D eigenvalue weighted by Crippen LogP contribution is -2.65. The normalized spacial score (nSPS) is 24.5. The van der Waals surface area contributed by atoms with Gasteiger partial charge in [-0.2, -0.15) is 0 Å². The molecule has 0 spiro atoms. The van der Waals surface area contributed by atoms with Crippen LogP contribution in [0.3, 0.4) is 0 Å². The summed E-state index contributed by atoms with van der Waals surface area (Å²) in [6.07, 6.45) is -12.8. The number of aromatic nitrogens is 4. The molecule has 2 fully saturated rings. The van der Waals surface area contributed by atoms with E-state index in [1.54, 1.807) is 4.57 Å². The Hall–Kier alpha value is -6.12. The largest absolute Gasteiger partial charge is 0.481 e. The summed E-state index contributed by atoms with van der Waals surface area (Å²) in [5.41, 5.74) is 2.42. The number of rotatable bonds is 22. The molecule has 7 rings (SSSR count).